The van der Waals surface area contributed by atoms with Gasteiger partial charge >= 0.3 is 0 Å². The highest BCUT2D eigenvalue weighted by Crippen LogP contribution is 2.29. The Kier molecular flexibility index (Phi) is 4.30. The van der Waals surface area contributed by atoms with Crippen molar-refractivity contribution in [2.75, 3.05) is 33.2 Å². The van der Waals surface area contributed by atoms with E-state index in [1.54, 1.807) is 11.3 Å². The summed E-state index contributed by atoms with van der Waals surface area (Å²) in [6, 6.07) is 6.60. The lowest BCUT2D eigenvalue weighted by Gasteiger charge is -2.32. The number of nitrogens with one attached hydrogen (secondary N) is 1. The SMILES string of the molecule is CN1CCN(NCc2cc(-c3cccs3)cs2)CC1. The first kappa shape index (κ1) is 13.3. The topological polar surface area (TPSA) is 18.5 Å². The first-order valence-corrected chi connectivity index (χ1v) is 8.35. The fourth-order valence-corrected chi connectivity index (χ4v) is 3.81. The minimum absolute atomic E-state index is 0.944. The molecule has 0 saturated carbocycles. The molecule has 1 aliphatic rings. The normalized spacial score (nSPS) is 17.9. The molecule has 0 amide bonds. The Labute approximate surface area is 122 Å². The minimum atomic E-state index is 0.944. The fourth-order valence-electron chi connectivity index (χ4n) is 2.20. The van der Waals surface area contributed by atoms with Crippen LogP contribution in [0.1, 0.15) is 4.88 Å². The van der Waals surface area contributed by atoms with Gasteiger partial charge in [0, 0.05) is 48.0 Å². The van der Waals surface area contributed by atoms with Crippen molar-refractivity contribution in [3.05, 3.63) is 33.8 Å². The summed E-state index contributed by atoms with van der Waals surface area (Å²) in [6.45, 7) is 5.47. The van der Waals surface area contributed by atoms with E-state index in [-0.39, 0.29) is 0 Å². The summed E-state index contributed by atoms with van der Waals surface area (Å²) in [4.78, 5) is 5.14. The molecule has 2 aromatic heterocycles. The molecule has 19 heavy (non-hydrogen) atoms. The highest BCUT2D eigenvalue weighted by Gasteiger charge is 2.13. The minimum Gasteiger partial charge on any atom is -0.304 e. The average molecular weight is 293 g/mol. The second-order valence-electron chi connectivity index (χ2n) is 4.90. The molecule has 0 aliphatic carbocycles. The van der Waals surface area contributed by atoms with E-state index in [2.05, 4.69) is 51.3 Å². The molecule has 102 valence electrons. The van der Waals surface area contributed by atoms with Crippen LogP contribution in [0.5, 0.6) is 0 Å². The van der Waals surface area contributed by atoms with Crippen molar-refractivity contribution in [3.63, 3.8) is 0 Å². The molecule has 0 bridgehead atoms. The number of thiophene rings is 2. The van der Waals surface area contributed by atoms with Crippen LogP contribution in [-0.4, -0.2) is 43.1 Å². The van der Waals surface area contributed by atoms with Crippen LogP contribution in [0.15, 0.2) is 29.0 Å². The van der Waals surface area contributed by atoms with E-state index in [0.29, 0.717) is 0 Å². The molecular formula is C14H19N3S2. The van der Waals surface area contributed by atoms with Crippen molar-refractivity contribution >= 4 is 22.7 Å². The van der Waals surface area contributed by atoms with Gasteiger partial charge in [0.05, 0.1) is 0 Å². The molecule has 3 rings (SSSR count). The maximum Gasteiger partial charge on any atom is 0.0447 e. The number of hydrogen-bond acceptors (Lipinski definition) is 5. The Morgan fingerprint density at radius 1 is 1.21 bits per heavy atom. The van der Waals surface area contributed by atoms with Crippen LogP contribution in [0.2, 0.25) is 0 Å². The monoisotopic (exact) mass is 293 g/mol. The van der Waals surface area contributed by atoms with E-state index in [1.807, 2.05) is 11.3 Å². The number of nitrogens with zero attached hydrogens (tertiary/aromatic N) is 2. The number of piperazine rings is 1. The van der Waals surface area contributed by atoms with Gasteiger partial charge in [0.2, 0.25) is 0 Å². The van der Waals surface area contributed by atoms with Gasteiger partial charge in [0.25, 0.3) is 0 Å². The van der Waals surface area contributed by atoms with Crippen LogP contribution < -0.4 is 5.43 Å². The predicted octanol–water partition coefficient (Wildman–Crippen LogP) is 2.73. The van der Waals surface area contributed by atoms with Crippen molar-refractivity contribution in [2.45, 2.75) is 6.54 Å². The van der Waals surface area contributed by atoms with E-state index in [9.17, 15) is 0 Å². The standard InChI is InChI=1S/C14H19N3S2/c1-16-4-6-17(7-5-16)15-10-13-9-12(11-19-13)14-3-2-8-18-14/h2-3,8-9,11,15H,4-7,10H2,1H3. The summed E-state index contributed by atoms with van der Waals surface area (Å²) in [5.41, 5.74) is 4.89. The lowest BCUT2D eigenvalue weighted by atomic mass is 10.2. The molecule has 2 aromatic rings. The van der Waals surface area contributed by atoms with Gasteiger partial charge in [0.1, 0.15) is 0 Å². The zero-order valence-electron chi connectivity index (χ0n) is 11.1. The molecule has 5 heteroatoms. The van der Waals surface area contributed by atoms with Gasteiger partial charge in [0.15, 0.2) is 0 Å². The molecule has 1 aliphatic heterocycles. The van der Waals surface area contributed by atoms with Crippen molar-refractivity contribution in [1.82, 2.24) is 15.3 Å². The number of hydrogen-bond donors (Lipinski definition) is 1. The lowest BCUT2D eigenvalue weighted by molar-refractivity contribution is 0.102. The molecule has 0 unspecified atom stereocenters. The lowest BCUT2D eigenvalue weighted by Crippen LogP contribution is -2.50. The molecule has 0 radical (unpaired) electrons. The quantitative estimate of drug-likeness (QED) is 0.935. The van der Waals surface area contributed by atoms with Crippen LogP contribution in [-0.2, 0) is 6.54 Å². The largest absolute Gasteiger partial charge is 0.304 e. The Morgan fingerprint density at radius 2 is 2.05 bits per heavy atom. The van der Waals surface area contributed by atoms with Crippen molar-refractivity contribution in [2.24, 2.45) is 0 Å². The highest BCUT2D eigenvalue weighted by molar-refractivity contribution is 7.14. The van der Waals surface area contributed by atoms with Crippen LogP contribution in [0, 0.1) is 0 Å². The van der Waals surface area contributed by atoms with Gasteiger partial charge < -0.3 is 4.90 Å². The zero-order valence-corrected chi connectivity index (χ0v) is 12.8. The summed E-state index contributed by atoms with van der Waals surface area (Å²) in [5.74, 6) is 0. The summed E-state index contributed by atoms with van der Waals surface area (Å²) >= 11 is 3.65. The average Bonchev–Trinajstić information content (AvgIpc) is 3.09. The smallest absolute Gasteiger partial charge is 0.0447 e. The summed E-state index contributed by atoms with van der Waals surface area (Å²) in [6.07, 6.45) is 0. The molecular weight excluding hydrogens is 274 g/mol. The number of hydrazine groups is 1. The van der Waals surface area contributed by atoms with Gasteiger partial charge in [-0.15, -0.1) is 22.7 Å². The summed E-state index contributed by atoms with van der Waals surface area (Å²) < 4.78 is 0. The molecule has 0 aromatic carbocycles. The fraction of sp³-hybridized carbons (Fsp3) is 0.429. The van der Waals surface area contributed by atoms with E-state index >= 15 is 0 Å². The first-order valence-electron chi connectivity index (χ1n) is 6.59. The zero-order chi connectivity index (χ0) is 13.1. The van der Waals surface area contributed by atoms with E-state index in [1.165, 1.54) is 15.3 Å². The van der Waals surface area contributed by atoms with Crippen LogP contribution in [0.4, 0.5) is 0 Å². The maximum absolute atomic E-state index is 3.54. The van der Waals surface area contributed by atoms with Gasteiger partial charge in [-0.05, 0) is 29.9 Å². The van der Waals surface area contributed by atoms with Gasteiger partial charge in [-0.25, -0.2) is 10.4 Å². The van der Waals surface area contributed by atoms with Crippen LogP contribution >= 0.6 is 22.7 Å². The Bertz CT molecular complexity index is 499. The van der Waals surface area contributed by atoms with Crippen molar-refractivity contribution in [1.29, 1.82) is 0 Å². The third-order valence-electron chi connectivity index (χ3n) is 3.44. The summed E-state index contributed by atoms with van der Waals surface area (Å²) in [7, 11) is 2.18. The van der Waals surface area contributed by atoms with Crippen molar-refractivity contribution < 1.29 is 0 Å². The molecule has 1 N–H and O–H groups in total. The maximum atomic E-state index is 3.54. The first-order chi connectivity index (χ1) is 9.31. The Hall–Kier alpha value is -0.720. The van der Waals surface area contributed by atoms with E-state index < -0.39 is 0 Å². The molecule has 1 saturated heterocycles. The number of likely N-dealkylation sites (N-methyl/N-ethyl adjacent to an activating group) is 1. The summed E-state index contributed by atoms with van der Waals surface area (Å²) in [5, 5.41) is 6.73. The predicted molar refractivity (Wildman–Crippen MR) is 83.5 cm³/mol. The van der Waals surface area contributed by atoms with Gasteiger partial charge in [-0.3, -0.25) is 0 Å². The van der Waals surface area contributed by atoms with Crippen molar-refractivity contribution in [3.8, 4) is 10.4 Å². The van der Waals surface area contributed by atoms with Crippen LogP contribution in [0.25, 0.3) is 10.4 Å². The van der Waals surface area contributed by atoms with E-state index in [0.717, 1.165) is 32.7 Å². The van der Waals surface area contributed by atoms with Crippen LogP contribution in [0.3, 0.4) is 0 Å². The third kappa shape index (κ3) is 3.43. The second-order valence-corrected chi connectivity index (χ2v) is 6.85. The Morgan fingerprint density at radius 3 is 2.79 bits per heavy atom. The molecule has 0 spiro atoms. The van der Waals surface area contributed by atoms with Gasteiger partial charge in [-0.2, -0.15) is 0 Å². The van der Waals surface area contributed by atoms with E-state index in [4.69, 9.17) is 0 Å². The molecule has 1 fully saturated rings. The second kappa shape index (κ2) is 6.15. The molecule has 3 heterocycles. The number of rotatable bonds is 4. The van der Waals surface area contributed by atoms with Gasteiger partial charge in [-0.1, -0.05) is 6.07 Å². The Balaban J connectivity index is 1.53. The molecule has 0 atom stereocenters. The highest BCUT2D eigenvalue weighted by atomic mass is 32.1. The molecule has 3 nitrogen and oxygen atoms in total. The third-order valence-corrected chi connectivity index (χ3v) is 5.30.